The van der Waals surface area contributed by atoms with Gasteiger partial charge in [0.05, 0.1) is 5.84 Å². The SMILES string of the molecule is N=C(N)C1CCCN(C(=O)c2ccc(Cl)cc2)C1. The molecule has 1 aromatic carbocycles. The van der Waals surface area contributed by atoms with Gasteiger partial charge in [-0.25, -0.2) is 0 Å². The van der Waals surface area contributed by atoms with Crippen molar-refractivity contribution in [1.29, 1.82) is 5.41 Å². The molecule has 0 bridgehead atoms. The van der Waals surface area contributed by atoms with Crippen molar-refractivity contribution in [2.75, 3.05) is 13.1 Å². The number of halogens is 1. The van der Waals surface area contributed by atoms with Crippen LogP contribution >= 0.6 is 11.6 Å². The Bertz CT molecular complexity index is 458. The number of nitrogens with two attached hydrogens (primary N) is 1. The van der Waals surface area contributed by atoms with Crippen molar-refractivity contribution in [3.8, 4) is 0 Å². The molecule has 1 amide bonds. The molecule has 0 radical (unpaired) electrons. The maximum Gasteiger partial charge on any atom is 0.253 e. The summed E-state index contributed by atoms with van der Waals surface area (Å²) in [6.45, 7) is 1.27. The number of carbonyl (C=O) groups excluding carboxylic acids is 1. The normalized spacial score (nSPS) is 19.6. The standard InChI is InChI=1S/C13H16ClN3O/c14-11-5-3-9(4-6-11)13(18)17-7-1-2-10(8-17)12(15)16/h3-6,10H,1-2,7-8H2,(H3,15,16). The highest BCUT2D eigenvalue weighted by molar-refractivity contribution is 6.30. The van der Waals surface area contributed by atoms with E-state index in [-0.39, 0.29) is 17.7 Å². The summed E-state index contributed by atoms with van der Waals surface area (Å²) in [5.74, 6) is 0.149. The van der Waals surface area contributed by atoms with Crippen molar-refractivity contribution >= 4 is 23.3 Å². The molecule has 5 heteroatoms. The number of likely N-dealkylation sites (tertiary alicyclic amines) is 1. The average Bonchev–Trinajstić information content (AvgIpc) is 2.39. The van der Waals surface area contributed by atoms with E-state index in [1.807, 2.05) is 0 Å². The number of nitrogens with one attached hydrogen (secondary N) is 1. The summed E-state index contributed by atoms with van der Waals surface area (Å²) in [7, 11) is 0. The fraction of sp³-hybridized carbons (Fsp3) is 0.385. The van der Waals surface area contributed by atoms with Crippen LogP contribution in [0.1, 0.15) is 23.2 Å². The Labute approximate surface area is 111 Å². The molecule has 18 heavy (non-hydrogen) atoms. The minimum absolute atomic E-state index is 0.00463. The summed E-state index contributed by atoms with van der Waals surface area (Å²) in [6.07, 6.45) is 1.78. The first kappa shape index (κ1) is 12.9. The molecule has 1 aliphatic heterocycles. The first-order valence-corrected chi connectivity index (χ1v) is 6.34. The number of nitrogens with zero attached hydrogens (tertiary/aromatic N) is 1. The van der Waals surface area contributed by atoms with E-state index >= 15 is 0 Å². The molecule has 4 nitrogen and oxygen atoms in total. The molecule has 0 aliphatic carbocycles. The van der Waals surface area contributed by atoms with Crippen LogP contribution in [0.3, 0.4) is 0 Å². The number of hydrogen-bond acceptors (Lipinski definition) is 2. The molecular weight excluding hydrogens is 250 g/mol. The zero-order chi connectivity index (χ0) is 13.1. The first-order chi connectivity index (χ1) is 8.58. The Morgan fingerprint density at radius 2 is 2.06 bits per heavy atom. The topological polar surface area (TPSA) is 70.2 Å². The van der Waals surface area contributed by atoms with Crippen LogP contribution in [0.15, 0.2) is 24.3 Å². The van der Waals surface area contributed by atoms with Crippen LogP contribution in [0.25, 0.3) is 0 Å². The van der Waals surface area contributed by atoms with Crippen molar-refractivity contribution in [1.82, 2.24) is 4.90 Å². The van der Waals surface area contributed by atoms with E-state index in [0.29, 0.717) is 17.1 Å². The number of piperidine rings is 1. The third-order valence-corrected chi connectivity index (χ3v) is 3.49. The fourth-order valence-electron chi connectivity index (χ4n) is 2.19. The Balaban J connectivity index is 2.09. The minimum Gasteiger partial charge on any atom is -0.387 e. The summed E-state index contributed by atoms with van der Waals surface area (Å²) in [5, 5.41) is 8.09. The number of amides is 1. The second-order valence-electron chi connectivity index (χ2n) is 4.55. The Morgan fingerprint density at radius 1 is 1.39 bits per heavy atom. The van der Waals surface area contributed by atoms with Gasteiger partial charge in [-0.2, -0.15) is 0 Å². The molecule has 1 heterocycles. The number of benzene rings is 1. The van der Waals surface area contributed by atoms with Crippen LogP contribution in [0.4, 0.5) is 0 Å². The van der Waals surface area contributed by atoms with Gasteiger partial charge in [-0.15, -0.1) is 0 Å². The number of rotatable bonds is 2. The zero-order valence-corrected chi connectivity index (χ0v) is 10.8. The summed E-state index contributed by atoms with van der Waals surface area (Å²) in [4.78, 5) is 14.0. The monoisotopic (exact) mass is 265 g/mol. The van der Waals surface area contributed by atoms with Crippen molar-refractivity contribution < 1.29 is 4.79 Å². The average molecular weight is 266 g/mol. The van der Waals surface area contributed by atoms with Crippen LogP contribution in [-0.2, 0) is 0 Å². The highest BCUT2D eigenvalue weighted by atomic mass is 35.5. The zero-order valence-electron chi connectivity index (χ0n) is 10.0. The molecule has 1 fully saturated rings. The van der Waals surface area contributed by atoms with Crippen molar-refractivity contribution in [2.24, 2.45) is 11.7 Å². The Morgan fingerprint density at radius 3 is 2.67 bits per heavy atom. The van der Waals surface area contributed by atoms with E-state index in [4.69, 9.17) is 22.7 Å². The lowest BCUT2D eigenvalue weighted by Crippen LogP contribution is -2.43. The Kier molecular flexibility index (Phi) is 3.87. The molecule has 0 saturated carbocycles. The van der Waals surface area contributed by atoms with Gasteiger partial charge < -0.3 is 10.6 Å². The number of amidine groups is 1. The summed E-state index contributed by atoms with van der Waals surface area (Å²) < 4.78 is 0. The molecule has 96 valence electrons. The van der Waals surface area contributed by atoms with E-state index in [0.717, 1.165) is 19.4 Å². The van der Waals surface area contributed by atoms with Crippen LogP contribution in [0.2, 0.25) is 5.02 Å². The largest absolute Gasteiger partial charge is 0.387 e. The maximum atomic E-state index is 12.3. The predicted octanol–water partition coefficient (Wildman–Crippen LogP) is 2.13. The molecule has 1 unspecified atom stereocenters. The number of carbonyl (C=O) groups is 1. The van der Waals surface area contributed by atoms with Gasteiger partial charge in [0.15, 0.2) is 0 Å². The van der Waals surface area contributed by atoms with Gasteiger partial charge in [0, 0.05) is 29.6 Å². The maximum absolute atomic E-state index is 12.3. The van der Waals surface area contributed by atoms with Crippen molar-refractivity contribution in [3.05, 3.63) is 34.9 Å². The van der Waals surface area contributed by atoms with E-state index in [1.54, 1.807) is 29.2 Å². The molecule has 1 saturated heterocycles. The van der Waals surface area contributed by atoms with Gasteiger partial charge in [-0.3, -0.25) is 10.2 Å². The van der Waals surface area contributed by atoms with E-state index in [2.05, 4.69) is 0 Å². The molecular formula is C13H16ClN3O. The molecule has 0 aromatic heterocycles. The van der Waals surface area contributed by atoms with Crippen molar-refractivity contribution in [2.45, 2.75) is 12.8 Å². The van der Waals surface area contributed by atoms with Gasteiger partial charge in [-0.05, 0) is 37.1 Å². The lowest BCUT2D eigenvalue weighted by atomic mass is 9.96. The van der Waals surface area contributed by atoms with Gasteiger partial charge in [0.1, 0.15) is 0 Å². The highest BCUT2D eigenvalue weighted by Crippen LogP contribution is 2.19. The predicted molar refractivity (Wildman–Crippen MR) is 72.0 cm³/mol. The second-order valence-corrected chi connectivity index (χ2v) is 4.99. The van der Waals surface area contributed by atoms with Crippen LogP contribution in [0.5, 0.6) is 0 Å². The van der Waals surface area contributed by atoms with Crippen molar-refractivity contribution in [3.63, 3.8) is 0 Å². The van der Waals surface area contributed by atoms with E-state index in [9.17, 15) is 4.79 Å². The van der Waals surface area contributed by atoms with Crippen LogP contribution < -0.4 is 5.73 Å². The minimum atomic E-state index is -0.0161. The van der Waals surface area contributed by atoms with Crippen LogP contribution in [0, 0.1) is 11.3 Å². The van der Waals surface area contributed by atoms with E-state index < -0.39 is 0 Å². The molecule has 3 N–H and O–H groups in total. The van der Waals surface area contributed by atoms with Gasteiger partial charge in [0.25, 0.3) is 5.91 Å². The fourth-order valence-corrected chi connectivity index (χ4v) is 2.32. The molecule has 2 rings (SSSR count). The molecule has 1 atom stereocenters. The molecule has 1 aromatic rings. The smallest absolute Gasteiger partial charge is 0.253 e. The molecule has 1 aliphatic rings. The first-order valence-electron chi connectivity index (χ1n) is 5.96. The third kappa shape index (κ3) is 2.82. The highest BCUT2D eigenvalue weighted by Gasteiger charge is 2.25. The quantitative estimate of drug-likeness (QED) is 0.635. The summed E-state index contributed by atoms with van der Waals surface area (Å²) >= 11 is 5.80. The van der Waals surface area contributed by atoms with Crippen LogP contribution in [-0.4, -0.2) is 29.7 Å². The lowest BCUT2D eigenvalue weighted by Gasteiger charge is -2.32. The van der Waals surface area contributed by atoms with Gasteiger partial charge >= 0.3 is 0 Å². The number of hydrogen-bond donors (Lipinski definition) is 2. The second kappa shape index (κ2) is 5.40. The Hall–Kier alpha value is -1.55. The summed E-state index contributed by atoms with van der Waals surface area (Å²) in [5.41, 5.74) is 6.14. The van der Waals surface area contributed by atoms with Gasteiger partial charge in [0.2, 0.25) is 0 Å². The molecule has 0 spiro atoms. The summed E-state index contributed by atoms with van der Waals surface area (Å²) in [6, 6.07) is 6.87. The van der Waals surface area contributed by atoms with Gasteiger partial charge in [-0.1, -0.05) is 11.6 Å². The lowest BCUT2D eigenvalue weighted by molar-refractivity contribution is 0.0702. The van der Waals surface area contributed by atoms with E-state index in [1.165, 1.54) is 0 Å². The third-order valence-electron chi connectivity index (χ3n) is 3.24.